The van der Waals surface area contributed by atoms with E-state index in [-0.39, 0.29) is 29.6 Å². The summed E-state index contributed by atoms with van der Waals surface area (Å²) in [5.74, 6) is -2.66. The van der Waals surface area contributed by atoms with Crippen LogP contribution in [0.4, 0.5) is 25.0 Å². The number of dihydropyridines is 1. The number of nitrogens with two attached hydrogens (primary N) is 1. The summed E-state index contributed by atoms with van der Waals surface area (Å²) in [5, 5.41) is 16.2. The second kappa shape index (κ2) is 12.7. The molecule has 1 aliphatic heterocycles. The molecule has 0 unspecified atom stereocenters. The number of allylic oxidation sites excluding steroid dienone is 1. The zero-order chi connectivity index (χ0) is 28.7. The molecule has 0 spiro atoms. The summed E-state index contributed by atoms with van der Waals surface area (Å²) < 4.78 is 27.9. The second-order valence-electron chi connectivity index (χ2n) is 8.84. The number of likely N-dealkylation sites (N-methyl/N-ethyl adjacent to an activating group) is 1. The summed E-state index contributed by atoms with van der Waals surface area (Å²) in [7, 11) is 3.07. The molecule has 0 saturated carbocycles. The van der Waals surface area contributed by atoms with Gasteiger partial charge in [0, 0.05) is 50.4 Å². The van der Waals surface area contributed by atoms with Crippen molar-refractivity contribution in [1.29, 1.82) is 0 Å². The fourth-order valence-electron chi connectivity index (χ4n) is 3.83. The van der Waals surface area contributed by atoms with Gasteiger partial charge in [0.25, 0.3) is 0 Å². The first-order valence-corrected chi connectivity index (χ1v) is 12.0. The Morgan fingerprint density at radius 2 is 1.92 bits per heavy atom. The number of carbonyl (C=O) groups is 2. The highest BCUT2D eigenvalue weighted by Crippen LogP contribution is 2.31. The van der Waals surface area contributed by atoms with Crippen LogP contribution in [0.2, 0.25) is 0 Å². The molecule has 0 atom stereocenters. The number of aryl methyl sites for hydroxylation is 1. The smallest absolute Gasteiger partial charge is 0.328 e. The number of anilines is 1. The van der Waals surface area contributed by atoms with Gasteiger partial charge < -0.3 is 16.2 Å². The first-order valence-electron chi connectivity index (χ1n) is 12.0. The fourth-order valence-corrected chi connectivity index (χ4v) is 3.83. The van der Waals surface area contributed by atoms with Crippen molar-refractivity contribution < 1.29 is 23.5 Å². The number of carbonyl (C=O) groups excluding carboxylic acids is 2. The molecule has 2 aromatic rings. The number of amides is 3. The molecule has 0 saturated heterocycles. The van der Waals surface area contributed by atoms with Crippen molar-refractivity contribution in [1.82, 2.24) is 20.4 Å². The number of aromatic hydroxyl groups is 1. The van der Waals surface area contributed by atoms with Gasteiger partial charge in [-0.05, 0) is 48.7 Å². The Hall–Kier alpha value is -4.74. The normalized spacial score (nSPS) is 13.4. The molecule has 0 aliphatic carbocycles. The lowest BCUT2D eigenvalue weighted by molar-refractivity contribution is -0.115. The number of rotatable bonds is 7. The Balaban J connectivity index is 2.07. The van der Waals surface area contributed by atoms with Gasteiger partial charge in [0.15, 0.2) is 11.6 Å². The van der Waals surface area contributed by atoms with Gasteiger partial charge >= 0.3 is 6.03 Å². The number of nitrogens with zero attached hydrogens (tertiary/aromatic N) is 4. The summed E-state index contributed by atoms with van der Waals surface area (Å²) in [4.78, 5) is 36.1. The number of aliphatic imine (C=N–C) groups is 2. The van der Waals surface area contributed by atoms with Gasteiger partial charge in [0.05, 0.1) is 12.2 Å². The number of guanidine groups is 1. The van der Waals surface area contributed by atoms with Crippen LogP contribution in [-0.4, -0.2) is 60.2 Å². The number of urea groups is 1. The molecule has 206 valence electrons. The van der Waals surface area contributed by atoms with E-state index in [4.69, 9.17) is 5.73 Å². The van der Waals surface area contributed by atoms with Gasteiger partial charge in [-0.2, -0.15) is 0 Å². The minimum absolute atomic E-state index is 0.0146. The molecule has 5 N–H and O–H groups in total. The van der Waals surface area contributed by atoms with Crippen LogP contribution < -0.4 is 16.4 Å². The molecule has 10 nitrogen and oxygen atoms in total. The second-order valence-corrected chi connectivity index (χ2v) is 8.84. The lowest BCUT2D eigenvalue weighted by atomic mass is 10.0. The zero-order valence-corrected chi connectivity index (χ0v) is 22.1. The number of phenolic OH excluding ortho intramolecular Hbond substituents is 1. The lowest BCUT2D eigenvalue weighted by Crippen LogP contribution is -2.47. The van der Waals surface area contributed by atoms with Crippen molar-refractivity contribution in [3.05, 3.63) is 76.1 Å². The number of halogens is 2. The van der Waals surface area contributed by atoms with Crippen molar-refractivity contribution in [2.45, 2.75) is 26.8 Å². The highest BCUT2D eigenvalue weighted by Gasteiger charge is 2.22. The maximum absolute atomic E-state index is 14.1. The predicted molar refractivity (Wildman–Crippen MR) is 147 cm³/mol. The quantitative estimate of drug-likeness (QED) is 0.185. The van der Waals surface area contributed by atoms with E-state index in [9.17, 15) is 23.5 Å². The number of phenols is 1. The molecule has 1 heterocycles. The van der Waals surface area contributed by atoms with Crippen molar-refractivity contribution in [2.75, 3.05) is 26.4 Å². The molecule has 39 heavy (non-hydrogen) atoms. The Morgan fingerprint density at radius 1 is 1.23 bits per heavy atom. The monoisotopic (exact) mass is 539 g/mol. The van der Waals surface area contributed by atoms with Gasteiger partial charge in [-0.1, -0.05) is 12.5 Å². The molecule has 3 rings (SSSR count). The zero-order valence-electron chi connectivity index (χ0n) is 22.1. The van der Waals surface area contributed by atoms with Crippen molar-refractivity contribution >= 4 is 36.0 Å². The standard InChI is InChI=1S/C27H31F2N7O3/c1-5-17-7-21(28)22(29)8-19(17)14-36(15-37)26(33-24-9-18(12-31-3)23(30)10-25(24)38)34-27(39)35(4)20-6-16(2)11-32-13-20/h6-10,12-13,15,32,38H,5,11,14,30H2,1-4H3,(H,33,34,39). The van der Waals surface area contributed by atoms with Crippen LogP contribution in [0.15, 0.2) is 57.8 Å². The van der Waals surface area contributed by atoms with Crippen LogP contribution in [0.3, 0.4) is 0 Å². The molecule has 0 aromatic heterocycles. The molecule has 2 aromatic carbocycles. The molecular formula is C27H31F2N7O3. The van der Waals surface area contributed by atoms with E-state index >= 15 is 0 Å². The van der Waals surface area contributed by atoms with Crippen molar-refractivity contribution in [3.8, 4) is 5.75 Å². The van der Waals surface area contributed by atoms with Crippen LogP contribution in [0.1, 0.15) is 30.5 Å². The van der Waals surface area contributed by atoms with Gasteiger partial charge in [0.1, 0.15) is 11.4 Å². The summed E-state index contributed by atoms with van der Waals surface area (Å²) >= 11 is 0. The molecule has 0 radical (unpaired) electrons. The van der Waals surface area contributed by atoms with E-state index in [1.165, 1.54) is 30.3 Å². The summed E-state index contributed by atoms with van der Waals surface area (Å²) in [6, 6.07) is 4.12. The maximum Gasteiger partial charge on any atom is 0.328 e. The van der Waals surface area contributed by atoms with Crippen molar-refractivity contribution in [3.63, 3.8) is 0 Å². The number of nitrogens with one attached hydrogen (secondary N) is 2. The summed E-state index contributed by atoms with van der Waals surface area (Å²) in [6.45, 7) is 4.06. The summed E-state index contributed by atoms with van der Waals surface area (Å²) in [5.41, 5.74) is 8.95. The SMILES string of the molecule is CCc1cc(F)c(F)cc1CN(C=O)C(=Nc1cc(C=NC)c(N)cc1O)NC(=O)N(C)C1=CNCC(C)=C1. The van der Waals surface area contributed by atoms with Gasteiger partial charge in [0.2, 0.25) is 12.4 Å². The Kier molecular flexibility index (Phi) is 9.37. The van der Waals surface area contributed by atoms with Crippen LogP contribution in [0, 0.1) is 11.6 Å². The molecule has 1 aliphatic rings. The minimum atomic E-state index is -1.08. The average Bonchev–Trinajstić information content (AvgIpc) is 2.90. The van der Waals surface area contributed by atoms with Gasteiger partial charge in [-0.25, -0.2) is 18.6 Å². The third-order valence-corrected chi connectivity index (χ3v) is 5.97. The first-order chi connectivity index (χ1) is 18.6. The Labute approximate surface area is 225 Å². The predicted octanol–water partition coefficient (Wildman–Crippen LogP) is 3.54. The highest BCUT2D eigenvalue weighted by atomic mass is 19.2. The van der Waals surface area contributed by atoms with Gasteiger partial charge in [-0.3, -0.25) is 24.9 Å². The first kappa shape index (κ1) is 28.8. The van der Waals surface area contributed by atoms with E-state index in [2.05, 4.69) is 20.6 Å². The fraction of sp³-hybridized carbons (Fsp3) is 0.259. The van der Waals surface area contributed by atoms with Crippen LogP contribution in [0.5, 0.6) is 5.75 Å². The van der Waals surface area contributed by atoms with E-state index in [1.54, 1.807) is 20.2 Å². The lowest BCUT2D eigenvalue weighted by Gasteiger charge is -2.26. The molecule has 12 heteroatoms. The van der Waals surface area contributed by atoms with Gasteiger partial charge in [-0.15, -0.1) is 0 Å². The number of hydrogen-bond donors (Lipinski definition) is 4. The van der Waals surface area contributed by atoms with Crippen LogP contribution in [0.25, 0.3) is 0 Å². The molecule has 0 bridgehead atoms. The minimum Gasteiger partial charge on any atom is -0.506 e. The summed E-state index contributed by atoms with van der Waals surface area (Å²) in [6.07, 6.45) is 5.71. The van der Waals surface area contributed by atoms with Crippen LogP contribution >= 0.6 is 0 Å². The number of benzene rings is 2. The maximum atomic E-state index is 14.1. The Bertz CT molecular complexity index is 1390. The topological polar surface area (TPSA) is 136 Å². The number of hydrogen-bond acceptors (Lipinski definition) is 7. The molecule has 0 fully saturated rings. The number of nitrogen functional groups attached to an aromatic ring is 1. The van der Waals surface area contributed by atoms with Crippen LogP contribution in [-0.2, 0) is 17.8 Å². The van der Waals surface area contributed by atoms with Crippen molar-refractivity contribution in [2.24, 2.45) is 9.98 Å². The highest BCUT2D eigenvalue weighted by molar-refractivity contribution is 6.02. The van der Waals surface area contributed by atoms with E-state index in [1.807, 2.05) is 13.0 Å². The third kappa shape index (κ3) is 6.98. The molecular weight excluding hydrogens is 508 g/mol. The van der Waals surface area contributed by atoms with E-state index < -0.39 is 17.7 Å². The third-order valence-electron chi connectivity index (χ3n) is 5.97. The van der Waals surface area contributed by atoms with E-state index in [0.717, 1.165) is 22.6 Å². The molecule has 3 amide bonds. The largest absolute Gasteiger partial charge is 0.506 e. The average molecular weight is 540 g/mol. The Morgan fingerprint density at radius 3 is 2.54 bits per heavy atom. The van der Waals surface area contributed by atoms with E-state index in [0.29, 0.717) is 41.8 Å².